The van der Waals surface area contributed by atoms with Crippen LogP contribution in [0.3, 0.4) is 0 Å². The Balaban J connectivity index is 1.92. The maximum Gasteiger partial charge on any atom is 0.254 e. The van der Waals surface area contributed by atoms with Crippen molar-refractivity contribution in [2.75, 3.05) is 14.1 Å². The van der Waals surface area contributed by atoms with E-state index in [4.69, 9.17) is 4.98 Å². The lowest BCUT2D eigenvalue weighted by atomic mass is 9.77. The fourth-order valence-electron chi connectivity index (χ4n) is 6.11. The second kappa shape index (κ2) is 7.84. The Hall–Kier alpha value is -2.83. The van der Waals surface area contributed by atoms with Crippen LogP contribution in [0.4, 0.5) is 0 Å². The molecule has 3 heterocycles. The van der Waals surface area contributed by atoms with E-state index in [1.807, 2.05) is 6.07 Å². The highest BCUT2D eigenvalue weighted by Crippen LogP contribution is 2.44. The quantitative estimate of drug-likeness (QED) is 0.478. The summed E-state index contributed by atoms with van der Waals surface area (Å²) in [4.78, 5) is 33.9. The Morgan fingerprint density at radius 1 is 1.06 bits per heavy atom. The minimum atomic E-state index is -1.61. The number of hydrogen-bond acceptors (Lipinski definition) is 5. The zero-order chi connectivity index (χ0) is 25.6. The first-order valence-electron chi connectivity index (χ1n) is 12.6. The van der Waals surface area contributed by atoms with Gasteiger partial charge in [0.1, 0.15) is 5.60 Å². The van der Waals surface area contributed by atoms with Gasteiger partial charge in [0.2, 0.25) is 0 Å². The summed E-state index contributed by atoms with van der Waals surface area (Å²) in [7, 11) is 4.15. The Labute approximate surface area is 206 Å². The van der Waals surface area contributed by atoms with E-state index in [1.165, 1.54) is 27.6 Å². The standard InChI is InChI=1S/C29H35N3O3/c1-9-29(35)21-12-22-27-20(13-32(22)28(34)19(21)10-11-23(29)33)25(18(6)31(7)8)24-16(4)14(2)15(3)17(5)26(24)30-27/h12,18,35H,9-11,13H2,1-8H3/t18?,29-/m0/s1. The van der Waals surface area contributed by atoms with Crippen LogP contribution in [-0.4, -0.2) is 39.4 Å². The summed E-state index contributed by atoms with van der Waals surface area (Å²) >= 11 is 0. The molecule has 6 nitrogen and oxygen atoms in total. The highest BCUT2D eigenvalue weighted by Gasteiger charge is 2.43. The normalized spacial score (nSPS) is 19.8. The van der Waals surface area contributed by atoms with Gasteiger partial charge in [-0.05, 0) is 95.4 Å². The molecule has 0 fully saturated rings. The zero-order valence-electron chi connectivity index (χ0n) is 22.1. The van der Waals surface area contributed by atoms with Crippen LogP contribution in [0.1, 0.15) is 77.2 Å². The molecule has 1 unspecified atom stereocenters. The summed E-state index contributed by atoms with van der Waals surface area (Å²) in [6, 6.07) is 1.98. The lowest BCUT2D eigenvalue weighted by Crippen LogP contribution is -2.43. The molecule has 2 aromatic heterocycles. The van der Waals surface area contributed by atoms with Crippen molar-refractivity contribution in [2.45, 2.75) is 79.0 Å². The number of nitrogens with zero attached hydrogens (tertiary/aromatic N) is 3. The van der Waals surface area contributed by atoms with Crippen LogP contribution in [0.25, 0.3) is 22.3 Å². The van der Waals surface area contributed by atoms with Gasteiger partial charge in [-0.25, -0.2) is 4.98 Å². The van der Waals surface area contributed by atoms with E-state index < -0.39 is 5.60 Å². The van der Waals surface area contributed by atoms with Crippen LogP contribution in [0.2, 0.25) is 0 Å². The number of aromatic nitrogens is 2. The van der Waals surface area contributed by atoms with Crippen molar-refractivity contribution in [3.05, 3.63) is 60.9 Å². The number of hydrogen-bond donors (Lipinski definition) is 1. The summed E-state index contributed by atoms with van der Waals surface area (Å²) in [5, 5.41) is 12.5. The number of aliphatic hydroxyl groups is 1. The topological polar surface area (TPSA) is 75.4 Å². The maximum atomic E-state index is 13.7. The fraction of sp³-hybridized carbons (Fsp3) is 0.483. The second-order valence-corrected chi connectivity index (χ2v) is 10.7. The predicted molar refractivity (Wildman–Crippen MR) is 139 cm³/mol. The largest absolute Gasteiger partial charge is 0.377 e. The molecule has 35 heavy (non-hydrogen) atoms. The molecule has 0 radical (unpaired) electrons. The van der Waals surface area contributed by atoms with Gasteiger partial charge in [0.25, 0.3) is 5.56 Å². The molecule has 2 aliphatic rings. The highest BCUT2D eigenvalue weighted by atomic mass is 16.3. The molecular formula is C29H35N3O3. The molecule has 3 aromatic rings. The molecule has 2 atom stereocenters. The van der Waals surface area contributed by atoms with E-state index >= 15 is 0 Å². The van der Waals surface area contributed by atoms with Gasteiger partial charge in [0, 0.05) is 34.5 Å². The molecule has 0 bridgehead atoms. The first kappa shape index (κ1) is 23.9. The van der Waals surface area contributed by atoms with Gasteiger partial charge in [0.05, 0.1) is 23.4 Å². The molecule has 5 rings (SSSR count). The number of ketones is 1. The summed E-state index contributed by atoms with van der Waals surface area (Å²) in [6.45, 7) is 13.1. The smallest absolute Gasteiger partial charge is 0.254 e. The maximum absolute atomic E-state index is 13.7. The zero-order valence-corrected chi connectivity index (χ0v) is 22.1. The first-order valence-corrected chi connectivity index (χ1v) is 12.6. The Morgan fingerprint density at radius 3 is 2.34 bits per heavy atom. The number of carbonyl (C=O) groups excluding carboxylic acids is 1. The number of benzene rings is 1. The van der Waals surface area contributed by atoms with Crippen LogP contribution in [0.5, 0.6) is 0 Å². The molecular weight excluding hydrogens is 438 g/mol. The van der Waals surface area contributed by atoms with Crippen LogP contribution in [-0.2, 0) is 23.4 Å². The number of Topliss-reactive ketones (excluding diaryl/α,β-unsaturated/α-hetero) is 1. The van der Waals surface area contributed by atoms with Gasteiger partial charge in [-0.1, -0.05) is 6.92 Å². The van der Waals surface area contributed by atoms with E-state index in [0.29, 0.717) is 29.8 Å². The molecule has 1 N–H and O–H groups in total. The summed E-state index contributed by atoms with van der Waals surface area (Å²) in [5.74, 6) is -0.207. The van der Waals surface area contributed by atoms with Crippen LogP contribution < -0.4 is 5.56 Å². The first-order chi connectivity index (χ1) is 16.4. The van der Waals surface area contributed by atoms with Crippen molar-refractivity contribution in [1.82, 2.24) is 14.5 Å². The molecule has 0 amide bonds. The van der Waals surface area contributed by atoms with Crippen LogP contribution >= 0.6 is 0 Å². The molecule has 1 aromatic carbocycles. The predicted octanol–water partition coefficient (Wildman–Crippen LogP) is 4.39. The number of aryl methyl sites for hydroxylation is 2. The van der Waals surface area contributed by atoms with E-state index in [0.717, 1.165) is 22.3 Å². The SMILES string of the molecule is CC[C@@]1(O)C(=O)CCc2c1cc1n(c2=O)Cc2c-1nc1c(C)c(C)c(C)c(C)c1c2C(C)N(C)C. The summed E-state index contributed by atoms with van der Waals surface area (Å²) in [6.07, 6.45) is 0.819. The molecule has 0 saturated heterocycles. The molecule has 1 aliphatic carbocycles. The Morgan fingerprint density at radius 2 is 1.71 bits per heavy atom. The van der Waals surface area contributed by atoms with Crippen LogP contribution in [0, 0.1) is 27.7 Å². The van der Waals surface area contributed by atoms with Crippen molar-refractivity contribution >= 4 is 16.7 Å². The van der Waals surface area contributed by atoms with Gasteiger partial charge in [0.15, 0.2) is 5.78 Å². The second-order valence-electron chi connectivity index (χ2n) is 10.7. The minimum Gasteiger partial charge on any atom is -0.377 e. The Bertz CT molecular complexity index is 1500. The van der Waals surface area contributed by atoms with E-state index in [9.17, 15) is 14.7 Å². The lowest BCUT2D eigenvalue weighted by molar-refractivity contribution is -0.140. The monoisotopic (exact) mass is 473 g/mol. The summed E-state index contributed by atoms with van der Waals surface area (Å²) < 4.78 is 1.80. The van der Waals surface area contributed by atoms with Crippen molar-refractivity contribution in [3.63, 3.8) is 0 Å². The minimum absolute atomic E-state index is 0.108. The molecule has 0 saturated carbocycles. The average molecular weight is 474 g/mol. The fourth-order valence-corrected chi connectivity index (χ4v) is 6.11. The molecule has 184 valence electrons. The number of fused-ring (bicyclic) bond motifs is 5. The third-order valence-electron chi connectivity index (χ3n) is 8.93. The van der Waals surface area contributed by atoms with Gasteiger partial charge in [-0.2, -0.15) is 0 Å². The number of pyridine rings is 2. The van der Waals surface area contributed by atoms with Crippen molar-refractivity contribution < 1.29 is 9.90 Å². The molecule has 1 aliphatic heterocycles. The summed E-state index contributed by atoms with van der Waals surface area (Å²) in [5.41, 5.74) is 8.95. The van der Waals surface area contributed by atoms with Gasteiger partial charge in [-0.15, -0.1) is 0 Å². The number of rotatable bonds is 3. The van der Waals surface area contributed by atoms with Gasteiger partial charge < -0.3 is 14.6 Å². The van der Waals surface area contributed by atoms with Crippen molar-refractivity contribution in [2.24, 2.45) is 0 Å². The molecule has 0 spiro atoms. The van der Waals surface area contributed by atoms with E-state index in [2.05, 4.69) is 53.6 Å². The molecule has 6 heteroatoms. The Kier molecular flexibility index (Phi) is 5.35. The van der Waals surface area contributed by atoms with E-state index in [1.54, 1.807) is 11.5 Å². The van der Waals surface area contributed by atoms with Gasteiger partial charge >= 0.3 is 0 Å². The average Bonchev–Trinajstić information content (AvgIpc) is 3.21. The third kappa shape index (κ3) is 3.06. The van der Waals surface area contributed by atoms with E-state index in [-0.39, 0.29) is 30.2 Å². The number of carbonyl (C=O) groups is 1. The van der Waals surface area contributed by atoms with Crippen molar-refractivity contribution in [3.8, 4) is 11.4 Å². The third-order valence-corrected chi connectivity index (χ3v) is 8.93. The lowest BCUT2D eigenvalue weighted by Gasteiger charge is -2.32. The van der Waals surface area contributed by atoms with Gasteiger partial charge in [-0.3, -0.25) is 9.59 Å². The van der Waals surface area contributed by atoms with Crippen LogP contribution in [0.15, 0.2) is 10.9 Å². The van der Waals surface area contributed by atoms with Crippen molar-refractivity contribution in [1.29, 1.82) is 0 Å². The highest BCUT2D eigenvalue weighted by molar-refractivity contribution is 5.95.